The van der Waals surface area contributed by atoms with Gasteiger partial charge in [0.1, 0.15) is 5.75 Å². The number of benzene rings is 1. The smallest absolute Gasteiger partial charge is 0.236 e. The Morgan fingerprint density at radius 2 is 2.00 bits per heavy atom. The molecule has 0 heterocycles. The van der Waals surface area contributed by atoms with Crippen molar-refractivity contribution in [3.8, 4) is 5.75 Å². The second-order valence-electron chi connectivity index (χ2n) is 3.84. The number of hydrogen-bond acceptors (Lipinski definition) is 3. The fourth-order valence-electron chi connectivity index (χ4n) is 1.70. The molecule has 4 nitrogen and oxygen atoms in total. The minimum absolute atomic E-state index is 0.146. The molecule has 0 spiro atoms. The maximum atomic E-state index is 10.7. The van der Waals surface area contributed by atoms with Gasteiger partial charge in [0, 0.05) is 5.69 Å². The van der Waals surface area contributed by atoms with E-state index < -0.39 is 0 Å². The Bertz CT molecular complexity index is 414. The van der Waals surface area contributed by atoms with E-state index in [1.165, 1.54) is 0 Å². The van der Waals surface area contributed by atoms with Crippen LogP contribution in [0.25, 0.3) is 0 Å². The number of aryl methyl sites for hydroxylation is 1. The molecule has 1 amide bonds. The molecule has 1 rings (SSSR count). The van der Waals surface area contributed by atoms with E-state index >= 15 is 0 Å². The van der Waals surface area contributed by atoms with Crippen LogP contribution >= 0.6 is 0 Å². The number of nitrogens with one attached hydrogen (secondary N) is 1. The molecule has 88 valence electrons. The summed E-state index contributed by atoms with van der Waals surface area (Å²) in [7, 11) is 1.65. The molecule has 0 unspecified atom stereocenters. The van der Waals surface area contributed by atoms with Gasteiger partial charge in [0.25, 0.3) is 0 Å². The third-order valence-electron chi connectivity index (χ3n) is 2.71. The van der Waals surface area contributed by atoms with Crippen LogP contribution in [-0.2, 0) is 4.79 Å². The molecule has 0 fully saturated rings. The topological polar surface area (TPSA) is 64.3 Å². The molecule has 1 aromatic rings. The SMILES string of the molecule is COc1cc(C)c(NCC(N)=O)c(C)c1C. The molecular formula is C12H18N2O2. The molecule has 16 heavy (non-hydrogen) atoms. The second kappa shape index (κ2) is 4.88. The number of amides is 1. The van der Waals surface area contributed by atoms with Gasteiger partial charge in [0.15, 0.2) is 0 Å². The standard InChI is InChI=1S/C12H18N2O2/c1-7-5-10(16-4)8(2)9(3)12(7)14-6-11(13)15/h5,14H,6H2,1-4H3,(H2,13,15). The summed E-state index contributed by atoms with van der Waals surface area (Å²) < 4.78 is 5.27. The van der Waals surface area contributed by atoms with Crippen molar-refractivity contribution >= 4 is 11.6 Å². The molecule has 0 saturated carbocycles. The lowest BCUT2D eigenvalue weighted by molar-refractivity contribution is -0.116. The van der Waals surface area contributed by atoms with Gasteiger partial charge in [0.05, 0.1) is 13.7 Å². The largest absolute Gasteiger partial charge is 0.496 e. The number of carbonyl (C=O) groups is 1. The molecular weight excluding hydrogens is 204 g/mol. The zero-order valence-electron chi connectivity index (χ0n) is 10.2. The quantitative estimate of drug-likeness (QED) is 0.811. The molecule has 0 radical (unpaired) electrons. The van der Waals surface area contributed by atoms with Gasteiger partial charge in [-0.3, -0.25) is 4.79 Å². The molecule has 1 aromatic carbocycles. The molecule has 0 aromatic heterocycles. The number of carbonyl (C=O) groups excluding carboxylic acids is 1. The van der Waals surface area contributed by atoms with Gasteiger partial charge >= 0.3 is 0 Å². The Kier molecular flexibility index (Phi) is 3.77. The van der Waals surface area contributed by atoms with Gasteiger partial charge < -0.3 is 15.8 Å². The van der Waals surface area contributed by atoms with Gasteiger partial charge in [-0.1, -0.05) is 0 Å². The molecule has 0 atom stereocenters. The number of hydrogen-bond donors (Lipinski definition) is 2. The summed E-state index contributed by atoms with van der Waals surface area (Å²) in [5.41, 5.74) is 9.26. The Balaban J connectivity index is 3.10. The fourth-order valence-corrected chi connectivity index (χ4v) is 1.70. The van der Waals surface area contributed by atoms with Crippen molar-refractivity contribution in [3.05, 3.63) is 22.8 Å². The number of nitrogens with two attached hydrogens (primary N) is 1. The first-order valence-electron chi connectivity index (χ1n) is 5.14. The molecule has 3 N–H and O–H groups in total. The fraction of sp³-hybridized carbons (Fsp3) is 0.417. The van der Waals surface area contributed by atoms with Gasteiger partial charge in [-0.05, 0) is 43.5 Å². The molecule has 0 saturated heterocycles. The summed E-state index contributed by atoms with van der Waals surface area (Å²) in [4.78, 5) is 10.7. The first-order valence-corrected chi connectivity index (χ1v) is 5.14. The number of primary amides is 1. The predicted molar refractivity (Wildman–Crippen MR) is 64.9 cm³/mol. The van der Waals surface area contributed by atoms with Crippen molar-refractivity contribution in [1.29, 1.82) is 0 Å². The van der Waals surface area contributed by atoms with E-state index in [9.17, 15) is 4.79 Å². The van der Waals surface area contributed by atoms with Crippen LogP contribution < -0.4 is 15.8 Å². The Hall–Kier alpha value is -1.71. The van der Waals surface area contributed by atoms with Crippen molar-refractivity contribution in [2.24, 2.45) is 5.73 Å². The van der Waals surface area contributed by atoms with E-state index in [1.807, 2.05) is 26.8 Å². The summed E-state index contributed by atoms with van der Waals surface area (Å²) >= 11 is 0. The third kappa shape index (κ3) is 2.45. The van der Waals surface area contributed by atoms with E-state index in [0.717, 1.165) is 28.1 Å². The molecule has 0 aliphatic rings. The second-order valence-corrected chi connectivity index (χ2v) is 3.84. The number of methoxy groups -OCH3 is 1. The highest BCUT2D eigenvalue weighted by Gasteiger charge is 2.10. The normalized spacial score (nSPS) is 10.0. The van der Waals surface area contributed by atoms with Crippen molar-refractivity contribution in [2.75, 3.05) is 19.0 Å². The van der Waals surface area contributed by atoms with Crippen molar-refractivity contribution in [1.82, 2.24) is 0 Å². The highest BCUT2D eigenvalue weighted by Crippen LogP contribution is 2.30. The van der Waals surface area contributed by atoms with Crippen LogP contribution in [0.15, 0.2) is 6.07 Å². The van der Waals surface area contributed by atoms with Crippen LogP contribution in [0.3, 0.4) is 0 Å². The summed E-state index contributed by atoms with van der Waals surface area (Å²) in [5.74, 6) is 0.492. The Labute approximate surface area is 95.8 Å². The van der Waals surface area contributed by atoms with E-state index in [1.54, 1.807) is 7.11 Å². The first-order chi connectivity index (χ1) is 7.47. The van der Waals surface area contributed by atoms with Gasteiger partial charge in [-0.15, -0.1) is 0 Å². The van der Waals surface area contributed by atoms with E-state index in [4.69, 9.17) is 10.5 Å². The van der Waals surface area contributed by atoms with Crippen LogP contribution in [0.1, 0.15) is 16.7 Å². The predicted octanol–water partition coefficient (Wildman–Crippen LogP) is 1.52. The van der Waals surface area contributed by atoms with Crippen LogP contribution in [-0.4, -0.2) is 19.6 Å². The van der Waals surface area contributed by atoms with Crippen molar-refractivity contribution in [3.63, 3.8) is 0 Å². The minimum Gasteiger partial charge on any atom is -0.496 e. The Morgan fingerprint density at radius 1 is 1.38 bits per heavy atom. The lowest BCUT2D eigenvalue weighted by Crippen LogP contribution is -2.22. The van der Waals surface area contributed by atoms with Crippen molar-refractivity contribution < 1.29 is 9.53 Å². The number of rotatable bonds is 4. The van der Waals surface area contributed by atoms with E-state index in [2.05, 4.69) is 5.32 Å². The van der Waals surface area contributed by atoms with E-state index in [-0.39, 0.29) is 12.5 Å². The highest BCUT2D eigenvalue weighted by molar-refractivity contribution is 5.80. The average Bonchev–Trinajstić information content (AvgIpc) is 2.22. The summed E-state index contributed by atoms with van der Waals surface area (Å²) in [6.45, 7) is 6.10. The first kappa shape index (κ1) is 12.4. The van der Waals surface area contributed by atoms with Crippen LogP contribution in [0, 0.1) is 20.8 Å². The summed E-state index contributed by atoms with van der Waals surface area (Å²) in [6.07, 6.45) is 0. The highest BCUT2D eigenvalue weighted by atomic mass is 16.5. The molecule has 4 heteroatoms. The molecule has 0 bridgehead atoms. The average molecular weight is 222 g/mol. The third-order valence-corrected chi connectivity index (χ3v) is 2.71. The molecule has 0 aliphatic carbocycles. The van der Waals surface area contributed by atoms with Gasteiger partial charge in [0.2, 0.25) is 5.91 Å². The number of ether oxygens (including phenoxy) is 1. The summed E-state index contributed by atoms with van der Waals surface area (Å²) in [6, 6.07) is 1.95. The number of anilines is 1. The van der Waals surface area contributed by atoms with Gasteiger partial charge in [-0.2, -0.15) is 0 Å². The monoisotopic (exact) mass is 222 g/mol. The maximum Gasteiger partial charge on any atom is 0.236 e. The maximum absolute atomic E-state index is 10.7. The zero-order valence-corrected chi connectivity index (χ0v) is 10.2. The van der Waals surface area contributed by atoms with Crippen LogP contribution in [0.2, 0.25) is 0 Å². The zero-order chi connectivity index (χ0) is 12.3. The Morgan fingerprint density at radius 3 is 2.50 bits per heavy atom. The molecule has 0 aliphatic heterocycles. The lowest BCUT2D eigenvalue weighted by Gasteiger charge is -2.16. The van der Waals surface area contributed by atoms with Crippen LogP contribution in [0.5, 0.6) is 5.75 Å². The van der Waals surface area contributed by atoms with E-state index in [0.29, 0.717) is 0 Å². The summed E-state index contributed by atoms with van der Waals surface area (Å²) in [5, 5.41) is 3.04. The van der Waals surface area contributed by atoms with Crippen LogP contribution in [0.4, 0.5) is 5.69 Å². The van der Waals surface area contributed by atoms with Crippen molar-refractivity contribution in [2.45, 2.75) is 20.8 Å². The lowest BCUT2D eigenvalue weighted by atomic mass is 10.0. The minimum atomic E-state index is -0.368. The van der Waals surface area contributed by atoms with Gasteiger partial charge in [-0.25, -0.2) is 0 Å².